The molecule has 150 valence electrons. The smallest absolute Gasteiger partial charge is 0.234 e. The Hall–Kier alpha value is -1.92. The van der Waals surface area contributed by atoms with E-state index in [0.717, 1.165) is 77.2 Å². The Bertz CT molecular complexity index is 748. The largest absolute Gasteiger partial charge is 0.493 e. The lowest BCUT2D eigenvalue weighted by molar-refractivity contribution is -0.142. The normalized spacial score (nSPS) is 28.4. The van der Waals surface area contributed by atoms with Crippen LogP contribution in [0.4, 0.5) is 0 Å². The van der Waals surface area contributed by atoms with Crippen LogP contribution < -0.4 is 4.74 Å². The lowest BCUT2D eigenvalue weighted by Crippen LogP contribution is -2.51. The van der Waals surface area contributed by atoms with Crippen LogP contribution in [0.1, 0.15) is 36.8 Å². The van der Waals surface area contributed by atoms with E-state index in [2.05, 4.69) is 28.0 Å². The van der Waals surface area contributed by atoms with E-state index in [4.69, 9.17) is 4.74 Å². The van der Waals surface area contributed by atoms with Gasteiger partial charge < -0.3 is 4.74 Å². The highest BCUT2D eigenvalue weighted by atomic mass is 16.5. The summed E-state index contributed by atoms with van der Waals surface area (Å²) in [5.74, 6) is 1.13. The van der Waals surface area contributed by atoms with Crippen LogP contribution in [0.15, 0.2) is 18.2 Å². The van der Waals surface area contributed by atoms with Crippen molar-refractivity contribution in [2.45, 2.75) is 38.6 Å². The van der Waals surface area contributed by atoms with Crippen molar-refractivity contribution in [2.75, 3.05) is 39.5 Å². The van der Waals surface area contributed by atoms with Gasteiger partial charge in [-0.2, -0.15) is 0 Å². The first-order chi connectivity index (χ1) is 13.7. The lowest BCUT2D eigenvalue weighted by atomic mass is 9.81. The number of nitrogens with zero attached hydrogens (tertiary/aromatic N) is 3. The van der Waals surface area contributed by atoms with Crippen molar-refractivity contribution in [3.05, 3.63) is 29.3 Å². The van der Waals surface area contributed by atoms with Gasteiger partial charge in [0.15, 0.2) is 0 Å². The molecule has 3 aliphatic heterocycles. The molecule has 0 spiro atoms. The molecule has 2 atom stereocenters. The van der Waals surface area contributed by atoms with E-state index in [0.29, 0.717) is 6.67 Å². The van der Waals surface area contributed by atoms with Crippen LogP contribution in [0.25, 0.3) is 0 Å². The first kappa shape index (κ1) is 18.1. The maximum atomic E-state index is 12.7. The third kappa shape index (κ3) is 3.33. The lowest BCUT2D eigenvalue weighted by Gasteiger charge is -2.36. The average molecular weight is 383 g/mol. The van der Waals surface area contributed by atoms with Gasteiger partial charge in [-0.3, -0.25) is 24.3 Å². The second-order valence-corrected chi connectivity index (χ2v) is 8.68. The van der Waals surface area contributed by atoms with Crippen LogP contribution in [0.2, 0.25) is 0 Å². The van der Waals surface area contributed by atoms with Gasteiger partial charge in [-0.15, -0.1) is 0 Å². The second kappa shape index (κ2) is 7.48. The van der Waals surface area contributed by atoms with Gasteiger partial charge in [0.05, 0.1) is 25.1 Å². The topological polar surface area (TPSA) is 53.1 Å². The summed E-state index contributed by atoms with van der Waals surface area (Å²) in [6.45, 7) is 5.98. The van der Waals surface area contributed by atoms with Gasteiger partial charge in [0.1, 0.15) is 5.75 Å². The van der Waals surface area contributed by atoms with E-state index in [9.17, 15) is 9.59 Å². The molecular weight excluding hydrogens is 354 g/mol. The fourth-order valence-corrected chi connectivity index (χ4v) is 5.26. The molecular formula is C22H29N3O3. The number of rotatable bonds is 4. The summed E-state index contributed by atoms with van der Waals surface area (Å²) in [4.78, 5) is 31.6. The van der Waals surface area contributed by atoms with Gasteiger partial charge in [0, 0.05) is 39.1 Å². The molecule has 0 unspecified atom stereocenters. The molecule has 2 saturated heterocycles. The van der Waals surface area contributed by atoms with Crippen LogP contribution in [0, 0.1) is 11.8 Å². The molecule has 28 heavy (non-hydrogen) atoms. The molecule has 0 aromatic heterocycles. The first-order valence-corrected chi connectivity index (χ1v) is 10.7. The molecule has 3 heterocycles. The van der Waals surface area contributed by atoms with Crippen molar-refractivity contribution in [3.8, 4) is 5.75 Å². The molecule has 0 N–H and O–H groups in total. The van der Waals surface area contributed by atoms with Crippen LogP contribution >= 0.6 is 0 Å². The van der Waals surface area contributed by atoms with Crippen LogP contribution in [0.3, 0.4) is 0 Å². The summed E-state index contributed by atoms with van der Waals surface area (Å²) in [6, 6.07) is 6.54. The van der Waals surface area contributed by atoms with E-state index >= 15 is 0 Å². The minimum atomic E-state index is -0.0358. The average Bonchev–Trinajstić information content (AvgIpc) is 3.28. The van der Waals surface area contributed by atoms with Crippen LogP contribution in [-0.2, 0) is 22.6 Å². The van der Waals surface area contributed by atoms with Gasteiger partial charge in [-0.1, -0.05) is 25.0 Å². The molecule has 6 heteroatoms. The molecule has 0 bridgehead atoms. The third-order valence-electron chi connectivity index (χ3n) is 6.90. The quantitative estimate of drug-likeness (QED) is 0.743. The van der Waals surface area contributed by atoms with E-state index in [1.807, 2.05) is 0 Å². The number of amides is 2. The van der Waals surface area contributed by atoms with Gasteiger partial charge in [0.25, 0.3) is 0 Å². The zero-order valence-electron chi connectivity index (χ0n) is 16.4. The predicted molar refractivity (Wildman–Crippen MR) is 105 cm³/mol. The minimum Gasteiger partial charge on any atom is -0.493 e. The number of imide groups is 1. The van der Waals surface area contributed by atoms with E-state index in [1.165, 1.54) is 11.1 Å². The fourth-order valence-electron chi connectivity index (χ4n) is 5.26. The van der Waals surface area contributed by atoms with Gasteiger partial charge in [0.2, 0.25) is 11.8 Å². The number of carbonyl (C=O) groups excluding carboxylic acids is 2. The Balaban J connectivity index is 1.14. The van der Waals surface area contributed by atoms with Crippen LogP contribution in [-0.4, -0.2) is 66.0 Å². The van der Waals surface area contributed by atoms with Crippen molar-refractivity contribution in [2.24, 2.45) is 11.8 Å². The highest BCUT2D eigenvalue weighted by molar-refractivity contribution is 6.05. The van der Waals surface area contributed by atoms with Crippen molar-refractivity contribution in [1.29, 1.82) is 0 Å². The van der Waals surface area contributed by atoms with E-state index in [1.54, 1.807) is 4.90 Å². The maximum absolute atomic E-state index is 12.7. The van der Waals surface area contributed by atoms with Crippen molar-refractivity contribution < 1.29 is 14.3 Å². The number of hydrogen-bond acceptors (Lipinski definition) is 5. The Morgan fingerprint density at radius 1 is 0.929 bits per heavy atom. The summed E-state index contributed by atoms with van der Waals surface area (Å²) in [7, 11) is 0. The third-order valence-corrected chi connectivity index (χ3v) is 6.90. The number of benzene rings is 1. The van der Waals surface area contributed by atoms with E-state index in [-0.39, 0.29) is 23.7 Å². The molecule has 4 aliphatic rings. The zero-order chi connectivity index (χ0) is 19.1. The Morgan fingerprint density at radius 3 is 2.32 bits per heavy atom. The highest BCUT2D eigenvalue weighted by Gasteiger charge is 2.48. The standard InChI is InChI=1S/C22H29N3O3/c26-21-18-3-1-2-4-19(18)22(27)25(21)15-24-10-8-23(9-11-24)14-16-5-6-20-17(13-16)7-12-28-20/h5-6,13,18-19H,1-4,7-12,14-15H2/t18-,19-/m0/s1. The number of ether oxygens (including phenoxy) is 1. The number of likely N-dealkylation sites (tertiary alicyclic amines) is 1. The summed E-state index contributed by atoms with van der Waals surface area (Å²) in [5.41, 5.74) is 2.66. The van der Waals surface area contributed by atoms with Crippen molar-refractivity contribution in [1.82, 2.24) is 14.7 Å². The summed E-state index contributed by atoms with van der Waals surface area (Å²) >= 11 is 0. The second-order valence-electron chi connectivity index (χ2n) is 8.68. The molecule has 5 rings (SSSR count). The molecule has 1 aliphatic carbocycles. The molecule has 0 radical (unpaired) electrons. The van der Waals surface area contributed by atoms with Gasteiger partial charge in [-0.25, -0.2) is 0 Å². The maximum Gasteiger partial charge on any atom is 0.234 e. The van der Waals surface area contributed by atoms with Crippen molar-refractivity contribution in [3.63, 3.8) is 0 Å². The fraction of sp³-hybridized carbons (Fsp3) is 0.636. The van der Waals surface area contributed by atoms with Crippen LogP contribution in [0.5, 0.6) is 5.75 Å². The zero-order valence-corrected chi connectivity index (χ0v) is 16.4. The molecule has 3 fully saturated rings. The molecule has 1 aromatic rings. The number of piperazine rings is 1. The monoisotopic (exact) mass is 383 g/mol. The van der Waals surface area contributed by atoms with Gasteiger partial charge >= 0.3 is 0 Å². The minimum absolute atomic E-state index is 0.0358. The summed E-state index contributed by atoms with van der Waals surface area (Å²) < 4.78 is 5.59. The number of carbonyl (C=O) groups is 2. The Labute approximate surface area is 166 Å². The van der Waals surface area contributed by atoms with Crippen molar-refractivity contribution >= 4 is 11.8 Å². The molecule has 2 amide bonds. The summed E-state index contributed by atoms with van der Waals surface area (Å²) in [5, 5.41) is 0. The highest BCUT2D eigenvalue weighted by Crippen LogP contribution is 2.38. The first-order valence-electron chi connectivity index (χ1n) is 10.7. The predicted octanol–water partition coefficient (Wildman–Crippen LogP) is 1.87. The Morgan fingerprint density at radius 2 is 1.61 bits per heavy atom. The van der Waals surface area contributed by atoms with Gasteiger partial charge in [-0.05, 0) is 30.0 Å². The van der Waals surface area contributed by atoms with E-state index < -0.39 is 0 Å². The number of hydrogen-bond donors (Lipinski definition) is 0. The summed E-state index contributed by atoms with van der Waals surface area (Å²) in [6.07, 6.45) is 4.97. The number of fused-ring (bicyclic) bond motifs is 2. The molecule has 1 aromatic carbocycles. The Kier molecular flexibility index (Phi) is 4.85. The molecule has 6 nitrogen and oxygen atoms in total. The SMILES string of the molecule is O=C1[C@H]2CCCC[C@@H]2C(=O)N1CN1CCN(Cc2ccc3c(c2)CCO3)CC1. The molecule has 1 saturated carbocycles.